The summed E-state index contributed by atoms with van der Waals surface area (Å²) in [6, 6.07) is 3.92. The van der Waals surface area contributed by atoms with Gasteiger partial charge in [-0.2, -0.15) is 10.1 Å². The van der Waals surface area contributed by atoms with E-state index in [0.29, 0.717) is 23.7 Å². The topological polar surface area (TPSA) is 138 Å². The third-order valence-electron chi connectivity index (χ3n) is 5.99. The van der Waals surface area contributed by atoms with Crippen LogP contribution in [0.25, 0.3) is 22.7 Å². The summed E-state index contributed by atoms with van der Waals surface area (Å²) >= 11 is 0. The highest BCUT2D eigenvalue weighted by atomic mass is 16.5. The molecule has 0 saturated heterocycles. The Bertz CT molecular complexity index is 1240. The van der Waals surface area contributed by atoms with Gasteiger partial charge in [-0.25, -0.2) is 9.97 Å². The molecule has 0 radical (unpaired) electrons. The van der Waals surface area contributed by atoms with E-state index in [1.165, 1.54) is 0 Å². The smallest absolute Gasteiger partial charge is 0.261 e. The molecule has 0 aromatic carbocycles. The molecule has 0 spiro atoms. The number of hydrogen-bond acceptors (Lipinski definition) is 9. The third-order valence-corrected chi connectivity index (χ3v) is 5.99. The molecule has 4 aromatic rings. The van der Waals surface area contributed by atoms with Gasteiger partial charge in [0.15, 0.2) is 11.6 Å². The molecule has 0 saturated carbocycles. The van der Waals surface area contributed by atoms with E-state index >= 15 is 0 Å². The average molecular weight is 447 g/mol. The number of Topliss-reactive ketones (excluding diaryl/α,β-unsaturated/α-hetero) is 1. The van der Waals surface area contributed by atoms with Crippen LogP contribution in [0.15, 0.2) is 47.6 Å². The molecule has 10 nitrogen and oxygen atoms in total. The normalized spacial score (nSPS) is 13.2. The Morgan fingerprint density at radius 2 is 1.88 bits per heavy atom. The first-order valence-electron chi connectivity index (χ1n) is 10.7. The fourth-order valence-corrected chi connectivity index (χ4v) is 3.47. The zero-order chi connectivity index (χ0) is 23.6. The van der Waals surface area contributed by atoms with Gasteiger partial charge in [0.25, 0.3) is 5.89 Å². The second-order valence-corrected chi connectivity index (χ2v) is 8.36. The zero-order valence-corrected chi connectivity index (χ0v) is 19.1. The minimum Gasteiger partial charge on any atom is -0.368 e. The van der Waals surface area contributed by atoms with E-state index in [0.717, 1.165) is 16.8 Å². The van der Waals surface area contributed by atoms with Gasteiger partial charge in [0, 0.05) is 36.8 Å². The molecule has 4 rings (SSSR count). The summed E-state index contributed by atoms with van der Waals surface area (Å²) in [5.41, 5.74) is 8.17. The summed E-state index contributed by atoms with van der Waals surface area (Å²) in [5, 5.41) is 8.52. The molecule has 0 fully saturated rings. The number of carbonyl (C=O) groups is 1. The Kier molecular flexibility index (Phi) is 5.99. The van der Waals surface area contributed by atoms with Crippen LogP contribution in [-0.4, -0.2) is 40.7 Å². The Hall–Kier alpha value is -3.95. The first-order chi connectivity index (χ1) is 15.8. The van der Waals surface area contributed by atoms with Crippen molar-refractivity contribution in [2.24, 2.45) is 5.92 Å². The summed E-state index contributed by atoms with van der Waals surface area (Å²) < 4.78 is 7.15. The average Bonchev–Trinajstić information content (AvgIpc) is 3.49. The van der Waals surface area contributed by atoms with E-state index in [1.54, 1.807) is 29.5 Å². The summed E-state index contributed by atoms with van der Waals surface area (Å²) in [7, 11) is 0. The molecule has 2 N–H and O–H groups in total. The molecule has 33 heavy (non-hydrogen) atoms. The van der Waals surface area contributed by atoms with Gasteiger partial charge in [-0.3, -0.25) is 14.5 Å². The van der Waals surface area contributed by atoms with E-state index in [-0.39, 0.29) is 24.2 Å². The predicted octanol–water partition coefficient (Wildman–Crippen LogP) is 3.31. The number of carbonyl (C=O) groups excluding carboxylic acids is 1. The Morgan fingerprint density at radius 1 is 1.12 bits per heavy atom. The van der Waals surface area contributed by atoms with Gasteiger partial charge in [-0.15, -0.1) is 0 Å². The maximum Gasteiger partial charge on any atom is 0.261 e. The maximum absolute atomic E-state index is 11.7. The molecular formula is C23H26N8O2. The summed E-state index contributed by atoms with van der Waals surface area (Å²) in [4.78, 5) is 29.0. The van der Waals surface area contributed by atoms with Crippen LogP contribution in [0.5, 0.6) is 0 Å². The van der Waals surface area contributed by atoms with Crippen LogP contribution in [0.4, 0.5) is 5.95 Å². The number of nitrogens with zero attached hydrogens (tertiary/aromatic N) is 7. The van der Waals surface area contributed by atoms with Crippen molar-refractivity contribution in [2.75, 3.05) is 5.73 Å². The number of nitrogens with two attached hydrogens (primary N) is 1. The molecule has 0 aliphatic carbocycles. The predicted molar refractivity (Wildman–Crippen MR) is 122 cm³/mol. The number of ketones is 1. The second kappa shape index (κ2) is 8.89. The lowest BCUT2D eigenvalue weighted by Crippen LogP contribution is -2.31. The van der Waals surface area contributed by atoms with Crippen LogP contribution in [0.3, 0.4) is 0 Å². The van der Waals surface area contributed by atoms with Crippen LogP contribution in [0.1, 0.15) is 45.5 Å². The fraction of sp³-hybridized carbons (Fsp3) is 0.348. The van der Waals surface area contributed by atoms with E-state index in [4.69, 9.17) is 10.3 Å². The molecule has 0 unspecified atom stereocenters. The Morgan fingerprint density at radius 3 is 2.52 bits per heavy atom. The van der Waals surface area contributed by atoms with Gasteiger partial charge in [0.1, 0.15) is 0 Å². The minimum absolute atomic E-state index is 0.102. The molecule has 0 aliphatic heterocycles. The van der Waals surface area contributed by atoms with Crippen molar-refractivity contribution in [3.05, 3.63) is 54.5 Å². The molecule has 0 amide bonds. The maximum atomic E-state index is 11.7. The molecule has 170 valence electrons. The summed E-state index contributed by atoms with van der Waals surface area (Å²) in [6.45, 7) is 8.32. The molecule has 0 bridgehead atoms. The van der Waals surface area contributed by atoms with Gasteiger partial charge in [0.05, 0.1) is 29.4 Å². The minimum atomic E-state index is -0.543. The number of nitrogen functional groups attached to an aromatic ring is 1. The lowest BCUT2D eigenvalue weighted by molar-refractivity contribution is -0.119. The molecule has 1 atom stereocenters. The number of rotatable bonds is 8. The van der Waals surface area contributed by atoms with E-state index in [2.05, 4.69) is 51.0 Å². The van der Waals surface area contributed by atoms with Gasteiger partial charge in [0.2, 0.25) is 5.95 Å². The van der Waals surface area contributed by atoms with Crippen molar-refractivity contribution < 1.29 is 9.32 Å². The lowest BCUT2D eigenvalue weighted by Gasteiger charge is -2.30. The van der Waals surface area contributed by atoms with Crippen LogP contribution in [0, 0.1) is 5.92 Å². The Balaban J connectivity index is 1.63. The van der Waals surface area contributed by atoms with Crippen LogP contribution >= 0.6 is 0 Å². The standard InChI is InChI=1S/C23H26N8O2/c1-5-18(32)13-31-12-16(10-28-31)20-29-21(30-33-20)23(4,14(2)3)17-6-7-19(25-11-17)15-8-26-22(24)27-9-15/h6-12,14H,5,13H2,1-4H3,(H2,24,26,27)/t23-/m1/s1. The quantitative estimate of drug-likeness (QED) is 0.432. The summed E-state index contributed by atoms with van der Waals surface area (Å²) in [6.07, 6.45) is 8.93. The van der Waals surface area contributed by atoms with E-state index in [1.807, 2.05) is 25.3 Å². The Labute approximate surface area is 191 Å². The summed E-state index contributed by atoms with van der Waals surface area (Å²) in [5.74, 6) is 1.38. The van der Waals surface area contributed by atoms with Crippen LogP contribution < -0.4 is 5.73 Å². The molecular weight excluding hydrogens is 420 g/mol. The van der Waals surface area contributed by atoms with Gasteiger partial charge in [-0.05, 0) is 24.5 Å². The van der Waals surface area contributed by atoms with Crippen molar-refractivity contribution in [1.29, 1.82) is 0 Å². The largest absolute Gasteiger partial charge is 0.368 e. The van der Waals surface area contributed by atoms with E-state index < -0.39 is 5.41 Å². The van der Waals surface area contributed by atoms with Crippen LogP contribution in [0.2, 0.25) is 0 Å². The fourth-order valence-electron chi connectivity index (χ4n) is 3.47. The first kappa shape index (κ1) is 22.3. The highest BCUT2D eigenvalue weighted by Crippen LogP contribution is 2.38. The lowest BCUT2D eigenvalue weighted by atomic mass is 9.73. The number of aromatic nitrogens is 7. The zero-order valence-electron chi connectivity index (χ0n) is 19.1. The monoisotopic (exact) mass is 446 g/mol. The molecule has 4 heterocycles. The number of anilines is 1. The molecule has 0 aliphatic rings. The molecule has 4 aromatic heterocycles. The number of pyridine rings is 1. The van der Waals surface area contributed by atoms with E-state index in [9.17, 15) is 4.79 Å². The van der Waals surface area contributed by atoms with Crippen molar-refractivity contribution in [2.45, 2.75) is 46.1 Å². The highest BCUT2D eigenvalue weighted by Gasteiger charge is 2.38. The van der Waals surface area contributed by atoms with Gasteiger partial charge in [-0.1, -0.05) is 32.0 Å². The van der Waals surface area contributed by atoms with Crippen molar-refractivity contribution in [1.82, 2.24) is 34.9 Å². The van der Waals surface area contributed by atoms with Gasteiger partial charge >= 0.3 is 0 Å². The van der Waals surface area contributed by atoms with Crippen molar-refractivity contribution >= 4 is 11.7 Å². The number of hydrogen-bond donors (Lipinski definition) is 1. The van der Waals surface area contributed by atoms with Gasteiger partial charge < -0.3 is 10.3 Å². The van der Waals surface area contributed by atoms with Crippen LogP contribution in [-0.2, 0) is 16.8 Å². The SMILES string of the molecule is CCC(=O)Cn1cc(-c2nc([C@@](C)(c3ccc(-c4cnc(N)nc4)nc3)C(C)C)no2)cn1. The third kappa shape index (κ3) is 4.36. The van der Waals surface area contributed by atoms with Crippen molar-refractivity contribution in [3.8, 4) is 22.7 Å². The van der Waals surface area contributed by atoms with Crippen molar-refractivity contribution in [3.63, 3.8) is 0 Å². The first-order valence-corrected chi connectivity index (χ1v) is 10.7. The second-order valence-electron chi connectivity index (χ2n) is 8.36. The molecule has 10 heteroatoms. The highest BCUT2D eigenvalue weighted by molar-refractivity contribution is 5.77.